The van der Waals surface area contributed by atoms with Crippen molar-refractivity contribution < 1.29 is 4.74 Å². The molecular formula is C55H34N4O. The number of benzene rings is 8. The maximum atomic E-state index is 6.64. The van der Waals surface area contributed by atoms with E-state index in [1.54, 1.807) is 0 Å². The number of hydrogen-bond donors (Lipinski definition) is 0. The summed E-state index contributed by atoms with van der Waals surface area (Å²) in [4.78, 5) is 20.3. The molecule has 12 rings (SSSR count). The van der Waals surface area contributed by atoms with E-state index < -0.39 is 5.41 Å². The lowest BCUT2D eigenvalue weighted by Crippen LogP contribution is -2.32. The maximum absolute atomic E-state index is 6.64. The fourth-order valence-corrected chi connectivity index (χ4v) is 9.34. The van der Waals surface area contributed by atoms with Gasteiger partial charge in [0.2, 0.25) is 0 Å². The summed E-state index contributed by atoms with van der Waals surface area (Å²) in [5, 5.41) is 1.11. The lowest BCUT2D eigenvalue weighted by Gasteiger charge is -2.39. The van der Waals surface area contributed by atoms with Gasteiger partial charge in [-0.25, -0.2) is 15.0 Å². The Labute approximate surface area is 347 Å². The number of rotatable bonds is 5. The molecule has 5 nitrogen and oxygen atoms in total. The molecule has 10 aromatic rings. The van der Waals surface area contributed by atoms with Gasteiger partial charge >= 0.3 is 0 Å². The molecule has 280 valence electrons. The van der Waals surface area contributed by atoms with E-state index in [0.29, 0.717) is 17.5 Å². The summed E-state index contributed by atoms with van der Waals surface area (Å²) in [7, 11) is 0. The Balaban J connectivity index is 1.09. The fourth-order valence-electron chi connectivity index (χ4n) is 9.34. The summed E-state index contributed by atoms with van der Waals surface area (Å²) >= 11 is 0. The predicted octanol–water partition coefficient (Wildman–Crippen LogP) is 13.2. The average molecular weight is 767 g/mol. The van der Waals surface area contributed by atoms with Crippen LogP contribution in [-0.2, 0) is 5.41 Å². The van der Waals surface area contributed by atoms with E-state index in [4.69, 9.17) is 24.7 Å². The smallest absolute Gasteiger partial charge is 0.164 e. The Morgan fingerprint density at radius 1 is 0.333 bits per heavy atom. The zero-order valence-corrected chi connectivity index (χ0v) is 32.3. The van der Waals surface area contributed by atoms with E-state index in [2.05, 4.69) is 158 Å². The second-order valence-corrected chi connectivity index (χ2v) is 15.4. The first-order valence-electron chi connectivity index (χ1n) is 20.2. The number of aromatic nitrogens is 4. The average Bonchev–Trinajstić information content (AvgIpc) is 3.61. The van der Waals surface area contributed by atoms with Gasteiger partial charge in [0, 0.05) is 45.0 Å². The van der Waals surface area contributed by atoms with Gasteiger partial charge in [-0.3, -0.25) is 4.98 Å². The molecule has 0 fully saturated rings. The molecule has 3 heterocycles. The summed E-state index contributed by atoms with van der Waals surface area (Å²) in [6.07, 6.45) is 1.87. The molecule has 0 N–H and O–H groups in total. The topological polar surface area (TPSA) is 60.8 Å². The van der Waals surface area contributed by atoms with Gasteiger partial charge in [0.05, 0.1) is 10.9 Å². The number of ether oxygens (including phenoxy) is 1. The van der Waals surface area contributed by atoms with Crippen molar-refractivity contribution in [1.29, 1.82) is 0 Å². The lowest BCUT2D eigenvalue weighted by atomic mass is 9.66. The van der Waals surface area contributed by atoms with Crippen molar-refractivity contribution >= 4 is 10.9 Å². The summed E-state index contributed by atoms with van der Waals surface area (Å²) in [6, 6.07) is 70.1. The molecule has 2 aliphatic rings. The molecular weight excluding hydrogens is 733 g/mol. The largest absolute Gasteiger partial charge is 0.457 e. The standard InChI is InChI=1S/C55H34N4O/c1-3-13-35(14-4-1)36-24-26-39(27-25-36)53-57-52(38-15-5-2-6-16-38)58-54(59-53)41-29-31-46-44(34-41)43-33-40(42-19-11-17-37-18-12-32-56-51(37)42)28-30-45(43)55(46)47-20-7-9-22-49(47)60-50-23-10-8-21-48(50)55/h1-34H. The van der Waals surface area contributed by atoms with Crippen LogP contribution in [0.4, 0.5) is 0 Å². The van der Waals surface area contributed by atoms with Gasteiger partial charge in [0.1, 0.15) is 11.5 Å². The van der Waals surface area contributed by atoms with E-state index in [9.17, 15) is 0 Å². The first-order chi connectivity index (χ1) is 29.7. The van der Waals surface area contributed by atoms with Crippen LogP contribution in [0, 0.1) is 0 Å². The van der Waals surface area contributed by atoms with Crippen LogP contribution in [0.15, 0.2) is 206 Å². The minimum atomic E-state index is -0.621. The fraction of sp³-hybridized carbons (Fsp3) is 0.0182. The van der Waals surface area contributed by atoms with Crippen molar-refractivity contribution in [2.75, 3.05) is 0 Å². The van der Waals surface area contributed by atoms with Gasteiger partial charge < -0.3 is 4.74 Å². The number of para-hydroxylation sites is 3. The monoisotopic (exact) mass is 766 g/mol. The van der Waals surface area contributed by atoms with Crippen molar-refractivity contribution in [3.63, 3.8) is 0 Å². The molecule has 1 aliphatic heterocycles. The minimum absolute atomic E-state index is 0.610. The molecule has 0 saturated carbocycles. The molecule has 60 heavy (non-hydrogen) atoms. The number of pyridine rings is 1. The highest BCUT2D eigenvalue weighted by Crippen LogP contribution is 2.62. The van der Waals surface area contributed by atoms with E-state index in [0.717, 1.165) is 83.6 Å². The van der Waals surface area contributed by atoms with Gasteiger partial charge in [0.15, 0.2) is 17.5 Å². The van der Waals surface area contributed by atoms with E-state index >= 15 is 0 Å². The third kappa shape index (κ3) is 5.26. The second kappa shape index (κ2) is 13.5. The Kier molecular flexibility index (Phi) is 7.69. The van der Waals surface area contributed by atoms with Crippen LogP contribution >= 0.6 is 0 Å². The van der Waals surface area contributed by atoms with Crippen molar-refractivity contribution in [1.82, 2.24) is 19.9 Å². The molecule has 0 unspecified atom stereocenters. The zero-order valence-electron chi connectivity index (χ0n) is 32.3. The van der Waals surface area contributed by atoms with E-state index in [1.165, 1.54) is 11.1 Å². The molecule has 2 aromatic heterocycles. The number of fused-ring (bicyclic) bond motifs is 10. The van der Waals surface area contributed by atoms with Crippen LogP contribution in [-0.4, -0.2) is 19.9 Å². The van der Waals surface area contributed by atoms with Crippen LogP contribution in [0.3, 0.4) is 0 Å². The SMILES string of the molecule is c1ccc(-c2ccc(-c3nc(-c4ccccc4)nc(-c4ccc5c(c4)-c4cc(-c6cccc7cccnc67)ccc4C54c5ccccc5Oc5ccccc54)n3)cc2)cc1. The molecule has 5 heteroatoms. The predicted molar refractivity (Wildman–Crippen MR) is 240 cm³/mol. The first-order valence-corrected chi connectivity index (χ1v) is 20.2. The number of hydrogen-bond acceptors (Lipinski definition) is 5. The van der Waals surface area contributed by atoms with Gasteiger partial charge in [-0.15, -0.1) is 0 Å². The summed E-state index contributed by atoms with van der Waals surface area (Å²) in [6.45, 7) is 0. The summed E-state index contributed by atoms with van der Waals surface area (Å²) < 4.78 is 6.64. The molecule has 1 aliphatic carbocycles. The maximum Gasteiger partial charge on any atom is 0.164 e. The molecule has 0 atom stereocenters. The van der Waals surface area contributed by atoms with Crippen molar-refractivity contribution in [2.45, 2.75) is 5.41 Å². The lowest BCUT2D eigenvalue weighted by molar-refractivity contribution is 0.436. The third-order valence-electron chi connectivity index (χ3n) is 12.1. The molecule has 1 spiro atoms. The van der Waals surface area contributed by atoms with Gasteiger partial charge in [0.25, 0.3) is 0 Å². The summed E-state index contributed by atoms with van der Waals surface area (Å²) in [5.41, 5.74) is 14.5. The Bertz CT molecular complexity index is 3240. The van der Waals surface area contributed by atoms with Crippen LogP contribution in [0.1, 0.15) is 22.3 Å². The van der Waals surface area contributed by atoms with Crippen molar-refractivity contribution in [2.24, 2.45) is 0 Å². The van der Waals surface area contributed by atoms with Crippen LogP contribution in [0.5, 0.6) is 11.5 Å². The first kappa shape index (κ1) is 34.1. The minimum Gasteiger partial charge on any atom is -0.457 e. The quantitative estimate of drug-likeness (QED) is 0.175. The van der Waals surface area contributed by atoms with Gasteiger partial charge in [-0.2, -0.15) is 0 Å². The van der Waals surface area contributed by atoms with Crippen LogP contribution in [0.2, 0.25) is 0 Å². The second-order valence-electron chi connectivity index (χ2n) is 15.4. The molecule has 0 bridgehead atoms. The normalized spacial score (nSPS) is 12.9. The molecule has 0 radical (unpaired) electrons. The highest BCUT2D eigenvalue weighted by atomic mass is 16.5. The highest BCUT2D eigenvalue weighted by Gasteiger charge is 2.51. The van der Waals surface area contributed by atoms with Crippen molar-refractivity contribution in [3.05, 3.63) is 229 Å². The Hall–Kier alpha value is -8.02. The number of nitrogens with zero attached hydrogens (tertiary/aromatic N) is 4. The van der Waals surface area contributed by atoms with E-state index in [-0.39, 0.29) is 0 Å². The molecule has 8 aromatic carbocycles. The third-order valence-corrected chi connectivity index (χ3v) is 12.1. The Morgan fingerprint density at radius 2 is 0.817 bits per heavy atom. The van der Waals surface area contributed by atoms with Crippen molar-refractivity contribution in [3.8, 4) is 79.0 Å². The molecule has 0 amide bonds. The van der Waals surface area contributed by atoms with E-state index in [1.807, 2.05) is 48.7 Å². The van der Waals surface area contributed by atoms with Gasteiger partial charge in [-0.1, -0.05) is 170 Å². The highest BCUT2D eigenvalue weighted by molar-refractivity contribution is 5.97. The Morgan fingerprint density at radius 3 is 1.48 bits per heavy atom. The van der Waals surface area contributed by atoms with Crippen LogP contribution in [0.25, 0.3) is 78.4 Å². The summed E-state index contributed by atoms with van der Waals surface area (Å²) in [5.74, 6) is 3.56. The zero-order chi connectivity index (χ0) is 39.6. The molecule has 0 saturated heterocycles. The van der Waals surface area contributed by atoms with Gasteiger partial charge in [-0.05, 0) is 69.3 Å². The van der Waals surface area contributed by atoms with Crippen LogP contribution < -0.4 is 4.74 Å².